The molecule has 0 atom stereocenters. The van der Waals surface area contributed by atoms with Gasteiger partial charge in [-0.15, -0.1) is 5.10 Å². The second-order valence-electron chi connectivity index (χ2n) is 9.96. The van der Waals surface area contributed by atoms with Crippen molar-refractivity contribution in [3.05, 3.63) is 66.9 Å². The molecule has 0 bridgehead atoms. The van der Waals surface area contributed by atoms with Gasteiger partial charge in [0.1, 0.15) is 0 Å². The fourth-order valence-corrected chi connectivity index (χ4v) is 6.04. The normalized spacial score (nSPS) is 17.7. The number of rotatable bonds is 6. The Morgan fingerprint density at radius 2 is 1.71 bits per heavy atom. The van der Waals surface area contributed by atoms with E-state index in [-0.39, 0.29) is 0 Å². The Hall–Kier alpha value is -3.47. The third-order valence-electron chi connectivity index (χ3n) is 7.45. The number of hydrogen-bond acceptors (Lipinski definition) is 8. The van der Waals surface area contributed by atoms with Crippen LogP contribution >= 0.6 is 0 Å². The molecule has 0 saturated carbocycles. The summed E-state index contributed by atoms with van der Waals surface area (Å²) in [5.41, 5.74) is 4.59. The number of sulfone groups is 1. The highest BCUT2D eigenvalue weighted by Gasteiger charge is 2.26. The first-order valence-corrected chi connectivity index (χ1v) is 14.9. The lowest BCUT2D eigenvalue weighted by Gasteiger charge is -2.40. The standard InChI is InChI=1S/C28H32N6O3S/c1-38(35,36)25-9-7-21(8-10-25)26-6-3-13-34-27(26)30-28(31-34)29-22-4-2-5-24(20-22)32-14-11-23(12-15-32)33-16-18-37-19-17-33/h2-10,13,20,23H,11-12,14-19H2,1H3,(H,29,31). The Morgan fingerprint density at radius 3 is 2.45 bits per heavy atom. The van der Waals surface area contributed by atoms with E-state index in [0.29, 0.717) is 22.5 Å². The topological polar surface area (TPSA) is 92.1 Å². The van der Waals surface area contributed by atoms with Crippen molar-refractivity contribution in [1.82, 2.24) is 19.5 Å². The van der Waals surface area contributed by atoms with E-state index in [0.717, 1.165) is 56.2 Å². The van der Waals surface area contributed by atoms with Crippen LogP contribution in [0.1, 0.15) is 12.8 Å². The zero-order valence-corrected chi connectivity index (χ0v) is 22.3. The van der Waals surface area contributed by atoms with Crippen molar-refractivity contribution in [1.29, 1.82) is 0 Å². The Balaban J connectivity index is 1.17. The lowest BCUT2D eigenvalue weighted by Crippen LogP contribution is -2.49. The van der Waals surface area contributed by atoms with E-state index in [2.05, 4.69) is 38.4 Å². The van der Waals surface area contributed by atoms with Gasteiger partial charge in [0.25, 0.3) is 0 Å². The number of morpholine rings is 1. The van der Waals surface area contributed by atoms with E-state index < -0.39 is 9.84 Å². The van der Waals surface area contributed by atoms with E-state index in [4.69, 9.17) is 9.72 Å². The van der Waals surface area contributed by atoms with Gasteiger partial charge in [0.15, 0.2) is 15.5 Å². The van der Waals surface area contributed by atoms with Crippen LogP contribution in [0.4, 0.5) is 17.3 Å². The number of piperidine rings is 1. The predicted molar refractivity (Wildman–Crippen MR) is 149 cm³/mol. The van der Waals surface area contributed by atoms with E-state index in [9.17, 15) is 8.42 Å². The molecule has 10 heteroatoms. The van der Waals surface area contributed by atoms with Crippen LogP contribution in [0.25, 0.3) is 16.8 Å². The molecule has 2 aliphatic heterocycles. The number of pyridine rings is 1. The number of fused-ring (bicyclic) bond motifs is 1. The van der Waals surface area contributed by atoms with Crippen LogP contribution in [0.3, 0.4) is 0 Å². The summed E-state index contributed by atoms with van der Waals surface area (Å²) in [6, 6.07) is 19.8. The molecule has 2 fully saturated rings. The van der Waals surface area contributed by atoms with Crippen LogP contribution in [0.2, 0.25) is 0 Å². The summed E-state index contributed by atoms with van der Waals surface area (Å²) in [6.07, 6.45) is 5.40. The first-order valence-electron chi connectivity index (χ1n) is 13.0. The van der Waals surface area contributed by atoms with Gasteiger partial charge >= 0.3 is 0 Å². The van der Waals surface area contributed by atoms with Gasteiger partial charge in [-0.2, -0.15) is 4.98 Å². The zero-order valence-electron chi connectivity index (χ0n) is 21.5. The molecule has 0 unspecified atom stereocenters. The van der Waals surface area contributed by atoms with Crippen molar-refractivity contribution in [2.75, 3.05) is 55.9 Å². The molecular weight excluding hydrogens is 500 g/mol. The van der Waals surface area contributed by atoms with Crippen LogP contribution in [-0.2, 0) is 14.6 Å². The second kappa shape index (κ2) is 10.4. The number of nitrogens with one attached hydrogen (secondary N) is 1. The molecule has 2 aliphatic rings. The summed E-state index contributed by atoms with van der Waals surface area (Å²) in [5, 5.41) is 7.99. The average Bonchev–Trinajstić information content (AvgIpc) is 3.36. The summed E-state index contributed by atoms with van der Waals surface area (Å²) in [5.74, 6) is 0.508. The first-order chi connectivity index (χ1) is 18.4. The fraction of sp³-hybridized carbons (Fsp3) is 0.357. The number of aromatic nitrogens is 3. The molecule has 2 aromatic heterocycles. The van der Waals surface area contributed by atoms with Crippen LogP contribution < -0.4 is 10.2 Å². The molecule has 0 amide bonds. The molecule has 0 spiro atoms. The Kier molecular flexibility index (Phi) is 6.77. The molecule has 2 aromatic carbocycles. The maximum atomic E-state index is 11.8. The highest BCUT2D eigenvalue weighted by molar-refractivity contribution is 7.90. The Labute approximate surface area is 223 Å². The van der Waals surface area contributed by atoms with Crippen molar-refractivity contribution in [2.45, 2.75) is 23.8 Å². The van der Waals surface area contributed by atoms with E-state index in [1.54, 1.807) is 28.8 Å². The summed E-state index contributed by atoms with van der Waals surface area (Å²) in [4.78, 5) is 10.1. The maximum Gasteiger partial charge on any atom is 0.247 e. The zero-order chi connectivity index (χ0) is 26.1. The summed E-state index contributed by atoms with van der Waals surface area (Å²) in [6.45, 7) is 5.87. The van der Waals surface area contributed by atoms with Crippen LogP contribution in [-0.4, -0.2) is 79.6 Å². The SMILES string of the molecule is CS(=O)(=O)c1ccc(-c2cccn3nc(Nc4cccc(N5CCC(N6CCOCC6)CC5)c4)nc23)cc1. The number of anilines is 3. The van der Waals surface area contributed by atoms with Gasteiger partial charge < -0.3 is 15.0 Å². The van der Waals surface area contributed by atoms with Gasteiger partial charge in [-0.05, 0) is 60.9 Å². The predicted octanol–water partition coefficient (Wildman–Crippen LogP) is 3.84. The second-order valence-corrected chi connectivity index (χ2v) is 12.0. The molecule has 38 heavy (non-hydrogen) atoms. The highest BCUT2D eigenvalue weighted by atomic mass is 32.2. The van der Waals surface area contributed by atoms with Crippen LogP contribution in [0, 0.1) is 0 Å². The molecule has 2 saturated heterocycles. The van der Waals surface area contributed by atoms with Gasteiger partial charge in [-0.1, -0.05) is 18.2 Å². The Bertz CT molecular complexity index is 1520. The molecule has 0 aliphatic carbocycles. The number of nitrogens with zero attached hydrogens (tertiary/aromatic N) is 5. The molecular formula is C28H32N6O3S. The molecule has 198 valence electrons. The number of benzene rings is 2. The molecule has 1 N–H and O–H groups in total. The minimum Gasteiger partial charge on any atom is -0.379 e. The lowest BCUT2D eigenvalue weighted by molar-refractivity contribution is 0.0115. The highest BCUT2D eigenvalue weighted by Crippen LogP contribution is 2.28. The van der Waals surface area contributed by atoms with Gasteiger partial charge in [-0.3, -0.25) is 4.90 Å². The van der Waals surface area contributed by atoms with Crippen LogP contribution in [0.5, 0.6) is 0 Å². The van der Waals surface area contributed by atoms with Crippen molar-refractivity contribution in [3.8, 4) is 11.1 Å². The molecule has 4 heterocycles. The van der Waals surface area contributed by atoms with Gasteiger partial charge in [0.2, 0.25) is 5.95 Å². The molecule has 9 nitrogen and oxygen atoms in total. The summed E-state index contributed by atoms with van der Waals surface area (Å²) >= 11 is 0. The molecule has 4 aromatic rings. The Morgan fingerprint density at radius 1 is 0.947 bits per heavy atom. The largest absolute Gasteiger partial charge is 0.379 e. The summed E-state index contributed by atoms with van der Waals surface area (Å²) in [7, 11) is -3.25. The maximum absolute atomic E-state index is 11.8. The third kappa shape index (κ3) is 5.24. The molecule has 6 rings (SSSR count). The van der Waals surface area contributed by atoms with Crippen molar-refractivity contribution in [2.24, 2.45) is 0 Å². The minimum absolute atomic E-state index is 0.294. The quantitative estimate of drug-likeness (QED) is 0.401. The van der Waals surface area contributed by atoms with Gasteiger partial charge in [0.05, 0.1) is 18.1 Å². The van der Waals surface area contributed by atoms with Crippen LogP contribution in [0.15, 0.2) is 71.8 Å². The fourth-order valence-electron chi connectivity index (χ4n) is 5.41. The van der Waals surface area contributed by atoms with E-state index in [1.165, 1.54) is 24.8 Å². The van der Waals surface area contributed by atoms with Gasteiger partial charge in [-0.25, -0.2) is 12.9 Å². The molecule has 0 radical (unpaired) electrons. The van der Waals surface area contributed by atoms with Crippen molar-refractivity contribution >= 4 is 32.8 Å². The lowest BCUT2D eigenvalue weighted by atomic mass is 10.0. The summed E-state index contributed by atoms with van der Waals surface area (Å²) < 4.78 is 30.9. The van der Waals surface area contributed by atoms with Crippen molar-refractivity contribution in [3.63, 3.8) is 0 Å². The van der Waals surface area contributed by atoms with Gasteiger partial charge in [0, 0.05) is 61.6 Å². The average molecular weight is 533 g/mol. The number of hydrogen-bond donors (Lipinski definition) is 1. The first kappa shape index (κ1) is 24.8. The smallest absolute Gasteiger partial charge is 0.247 e. The number of ether oxygens (including phenoxy) is 1. The third-order valence-corrected chi connectivity index (χ3v) is 8.58. The van der Waals surface area contributed by atoms with E-state index in [1.807, 2.05) is 24.4 Å². The monoisotopic (exact) mass is 532 g/mol. The van der Waals surface area contributed by atoms with E-state index >= 15 is 0 Å². The van der Waals surface area contributed by atoms with Crippen molar-refractivity contribution < 1.29 is 13.2 Å². The minimum atomic E-state index is -3.25.